The lowest BCUT2D eigenvalue weighted by Crippen LogP contribution is -2.05. The lowest BCUT2D eigenvalue weighted by Gasteiger charge is -2.18. The van der Waals surface area contributed by atoms with Crippen LogP contribution in [0.15, 0.2) is 158 Å². The van der Waals surface area contributed by atoms with E-state index in [1.165, 1.54) is 0 Å². The Kier molecular flexibility index (Phi) is 8.23. The van der Waals surface area contributed by atoms with Crippen LogP contribution in [-0.2, 0) is 0 Å². The number of fused-ring (bicyclic) bond motifs is 6. The molecular weight excluding hydrogens is 737 g/mol. The first-order valence-corrected chi connectivity index (χ1v) is 19.0. The molecule has 10 rings (SSSR count). The lowest BCUT2D eigenvalue weighted by molar-refractivity contribution is 1.12. The normalized spacial score (nSPS) is 10.9. The SMILES string of the molecule is N#Cc1cc(C#N)cc(-c2ccc3c4ccccc4n(-c4cc(-c5cccnc5)cc(-n5c6ccccc6c6ccc(-c7cc(C#N)cc(C#N)c7)cc65)c4C#N)c3c2)c1. The van der Waals surface area contributed by atoms with Crippen molar-refractivity contribution in [3.8, 4) is 75.1 Å². The van der Waals surface area contributed by atoms with Crippen LogP contribution in [0.4, 0.5) is 0 Å². The maximum atomic E-state index is 11.4. The Morgan fingerprint density at radius 1 is 0.350 bits per heavy atom. The van der Waals surface area contributed by atoms with Crippen LogP contribution >= 0.6 is 0 Å². The molecular formula is C52H26N8. The highest BCUT2D eigenvalue weighted by Gasteiger charge is 2.23. The average molecular weight is 763 g/mol. The number of nitriles is 5. The molecule has 10 aromatic rings. The summed E-state index contributed by atoms with van der Waals surface area (Å²) >= 11 is 0. The van der Waals surface area contributed by atoms with Crippen LogP contribution in [0.25, 0.3) is 88.4 Å². The largest absolute Gasteiger partial charge is 0.308 e. The van der Waals surface area contributed by atoms with E-state index in [2.05, 4.69) is 80.9 Å². The van der Waals surface area contributed by atoms with E-state index in [1.807, 2.05) is 79.0 Å². The first-order valence-electron chi connectivity index (χ1n) is 19.0. The van der Waals surface area contributed by atoms with Gasteiger partial charge in [0.1, 0.15) is 11.6 Å². The maximum Gasteiger partial charge on any atom is 0.104 e. The molecule has 0 aliphatic rings. The van der Waals surface area contributed by atoms with Gasteiger partial charge >= 0.3 is 0 Å². The molecule has 0 bridgehead atoms. The fourth-order valence-corrected chi connectivity index (χ4v) is 8.45. The molecule has 0 atom stereocenters. The smallest absolute Gasteiger partial charge is 0.104 e. The van der Waals surface area contributed by atoms with Crippen LogP contribution in [0.5, 0.6) is 0 Å². The second-order valence-corrected chi connectivity index (χ2v) is 14.5. The summed E-state index contributed by atoms with van der Waals surface area (Å²) in [7, 11) is 0. The summed E-state index contributed by atoms with van der Waals surface area (Å²) < 4.78 is 4.26. The number of rotatable bonds is 5. The maximum absolute atomic E-state index is 11.4. The molecule has 0 aliphatic heterocycles. The van der Waals surface area contributed by atoms with Crippen LogP contribution in [0, 0.1) is 56.7 Å². The van der Waals surface area contributed by atoms with Crippen molar-refractivity contribution in [1.29, 1.82) is 26.3 Å². The Labute approximate surface area is 343 Å². The van der Waals surface area contributed by atoms with Gasteiger partial charge in [0.2, 0.25) is 0 Å². The number of para-hydroxylation sites is 2. The van der Waals surface area contributed by atoms with Gasteiger partial charge in [0.25, 0.3) is 0 Å². The van der Waals surface area contributed by atoms with E-state index >= 15 is 0 Å². The molecule has 8 heteroatoms. The zero-order valence-corrected chi connectivity index (χ0v) is 31.6. The first kappa shape index (κ1) is 35.2. The molecule has 3 heterocycles. The van der Waals surface area contributed by atoms with Crippen molar-refractivity contribution in [2.24, 2.45) is 0 Å². The summed E-state index contributed by atoms with van der Waals surface area (Å²) in [6, 6.07) is 58.1. The van der Waals surface area contributed by atoms with E-state index in [0.717, 1.165) is 77.0 Å². The summed E-state index contributed by atoms with van der Waals surface area (Å²) in [5.41, 5.74) is 11.6. The van der Waals surface area contributed by atoms with Crippen molar-refractivity contribution in [3.05, 3.63) is 186 Å². The molecule has 0 unspecified atom stereocenters. The van der Waals surface area contributed by atoms with Gasteiger partial charge in [0.15, 0.2) is 0 Å². The summed E-state index contributed by atoms with van der Waals surface area (Å²) in [5, 5.41) is 54.6. The monoisotopic (exact) mass is 762 g/mol. The van der Waals surface area contributed by atoms with Crippen LogP contribution in [0.2, 0.25) is 0 Å². The summed E-state index contributed by atoms with van der Waals surface area (Å²) in [6.07, 6.45) is 3.54. The van der Waals surface area contributed by atoms with E-state index in [-0.39, 0.29) is 0 Å². The van der Waals surface area contributed by atoms with E-state index in [4.69, 9.17) is 0 Å². The van der Waals surface area contributed by atoms with Crippen LogP contribution in [-0.4, -0.2) is 14.1 Å². The van der Waals surface area contributed by atoms with Gasteiger partial charge in [-0.2, -0.15) is 26.3 Å². The van der Waals surface area contributed by atoms with Gasteiger partial charge in [-0.1, -0.05) is 66.7 Å². The Hall–Kier alpha value is -9.26. The summed E-state index contributed by atoms with van der Waals surface area (Å²) in [5.74, 6) is 0. The average Bonchev–Trinajstić information content (AvgIpc) is 3.82. The van der Waals surface area contributed by atoms with Crippen molar-refractivity contribution in [2.75, 3.05) is 0 Å². The Morgan fingerprint density at radius 3 is 1.20 bits per heavy atom. The molecule has 7 aromatic carbocycles. The molecule has 0 N–H and O–H groups in total. The molecule has 0 amide bonds. The summed E-state index contributed by atoms with van der Waals surface area (Å²) in [4.78, 5) is 4.46. The Morgan fingerprint density at radius 2 is 0.783 bits per heavy atom. The molecule has 0 aliphatic carbocycles. The Balaban J connectivity index is 1.32. The number of nitrogens with zero attached hydrogens (tertiary/aromatic N) is 8. The summed E-state index contributed by atoms with van der Waals surface area (Å²) in [6.45, 7) is 0. The number of pyridine rings is 1. The van der Waals surface area contributed by atoms with Gasteiger partial charge in [-0.15, -0.1) is 0 Å². The van der Waals surface area contributed by atoms with Crippen LogP contribution in [0.3, 0.4) is 0 Å². The molecule has 0 radical (unpaired) electrons. The standard InChI is InChI=1S/C52H26N8/c53-26-32-16-33(27-54)19-39(18-32)36-11-13-44-42-7-1-3-9-47(42)59(49(44)22-36)51-24-41(38-6-5-15-58-31-38)25-52(46(51)30-57)60-48-10-4-2-8-43(48)45-14-12-37(23-50(45)60)40-20-34(28-55)17-35(21-40)29-56/h1-25,31H. The van der Waals surface area contributed by atoms with Gasteiger partial charge < -0.3 is 9.13 Å². The number of aromatic nitrogens is 3. The molecule has 0 saturated heterocycles. The van der Waals surface area contributed by atoms with Gasteiger partial charge in [-0.05, 0) is 107 Å². The van der Waals surface area contributed by atoms with E-state index < -0.39 is 0 Å². The minimum atomic E-state index is 0.392. The number of hydrogen-bond donors (Lipinski definition) is 0. The number of benzene rings is 7. The molecule has 8 nitrogen and oxygen atoms in total. The molecule has 3 aromatic heterocycles. The highest BCUT2D eigenvalue weighted by molar-refractivity contribution is 6.12. The van der Waals surface area contributed by atoms with E-state index in [0.29, 0.717) is 39.2 Å². The van der Waals surface area contributed by atoms with Gasteiger partial charge in [0.05, 0.1) is 80.0 Å². The van der Waals surface area contributed by atoms with Crippen molar-refractivity contribution in [2.45, 2.75) is 0 Å². The second kappa shape index (κ2) is 14.0. The van der Waals surface area contributed by atoms with Gasteiger partial charge in [-0.3, -0.25) is 4.98 Å². The van der Waals surface area contributed by atoms with E-state index in [9.17, 15) is 26.3 Å². The molecule has 274 valence electrons. The van der Waals surface area contributed by atoms with Crippen molar-refractivity contribution >= 4 is 43.6 Å². The lowest BCUT2D eigenvalue weighted by atomic mass is 9.98. The molecule has 0 fully saturated rings. The molecule has 0 saturated carbocycles. The predicted octanol–water partition coefficient (Wildman–Crippen LogP) is 11.6. The van der Waals surface area contributed by atoms with Crippen molar-refractivity contribution in [1.82, 2.24) is 14.1 Å². The second-order valence-electron chi connectivity index (χ2n) is 14.5. The van der Waals surface area contributed by atoms with Crippen LogP contribution < -0.4 is 0 Å². The van der Waals surface area contributed by atoms with Gasteiger partial charge in [0, 0.05) is 39.5 Å². The topological polar surface area (TPSA) is 142 Å². The third-order valence-corrected chi connectivity index (χ3v) is 11.1. The predicted molar refractivity (Wildman–Crippen MR) is 233 cm³/mol. The minimum absolute atomic E-state index is 0.392. The third-order valence-electron chi connectivity index (χ3n) is 11.1. The molecule has 60 heavy (non-hydrogen) atoms. The first-order chi connectivity index (χ1) is 29.5. The molecule has 0 spiro atoms. The van der Waals surface area contributed by atoms with E-state index in [1.54, 1.807) is 42.6 Å². The van der Waals surface area contributed by atoms with Gasteiger partial charge in [-0.25, -0.2) is 0 Å². The number of hydrogen-bond acceptors (Lipinski definition) is 6. The quantitative estimate of drug-likeness (QED) is 0.171. The minimum Gasteiger partial charge on any atom is -0.308 e. The fraction of sp³-hybridized carbons (Fsp3) is 0. The van der Waals surface area contributed by atoms with Crippen molar-refractivity contribution < 1.29 is 0 Å². The third kappa shape index (κ3) is 5.61. The Bertz CT molecular complexity index is 3390. The highest BCUT2D eigenvalue weighted by atomic mass is 15.0. The zero-order valence-electron chi connectivity index (χ0n) is 31.6. The van der Waals surface area contributed by atoms with Crippen LogP contribution in [0.1, 0.15) is 27.8 Å². The zero-order chi connectivity index (χ0) is 40.9. The fourth-order valence-electron chi connectivity index (χ4n) is 8.45. The highest BCUT2D eigenvalue weighted by Crippen LogP contribution is 2.42. The van der Waals surface area contributed by atoms with Crippen molar-refractivity contribution in [3.63, 3.8) is 0 Å².